The Morgan fingerprint density at radius 3 is 2.97 bits per heavy atom. The molecular weight excluding hydrogens is 480 g/mol. The van der Waals surface area contributed by atoms with Crippen LogP contribution >= 0.6 is 27.3 Å². The number of hydrogen-bond donors (Lipinski definition) is 1. The predicted molar refractivity (Wildman–Crippen MR) is 108 cm³/mol. The summed E-state index contributed by atoms with van der Waals surface area (Å²) < 4.78 is 30.5. The Morgan fingerprint density at radius 2 is 2.20 bits per heavy atom. The fourth-order valence-electron chi connectivity index (χ4n) is 3.95. The number of anilines is 1. The van der Waals surface area contributed by atoms with E-state index >= 15 is 0 Å². The van der Waals surface area contributed by atoms with Crippen molar-refractivity contribution in [3.05, 3.63) is 62.8 Å². The molecule has 30 heavy (non-hydrogen) atoms. The number of carbonyl (C=O) groups is 2. The summed E-state index contributed by atoms with van der Waals surface area (Å²) in [4.78, 5) is 36.0. The molecular formula is C19H14BrF2N5O2S. The van der Waals surface area contributed by atoms with E-state index in [9.17, 15) is 18.4 Å². The van der Waals surface area contributed by atoms with E-state index in [2.05, 4.69) is 31.2 Å². The number of hydrogen-bond acceptors (Lipinski definition) is 5. The number of halogens is 3. The molecule has 0 bridgehead atoms. The van der Waals surface area contributed by atoms with Crippen molar-refractivity contribution >= 4 is 44.2 Å². The molecule has 1 N–H and O–H groups in total. The molecule has 7 nitrogen and oxygen atoms in total. The van der Waals surface area contributed by atoms with Gasteiger partial charge in [-0.1, -0.05) is 15.9 Å². The number of alkyl halides is 1. The Kier molecular flexibility index (Phi) is 4.66. The largest absolute Gasteiger partial charge is 0.331 e. The second-order valence-corrected chi connectivity index (χ2v) is 8.92. The highest BCUT2D eigenvalue weighted by Gasteiger charge is 2.42. The zero-order valence-electron chi connectivity index (χ0n) is 15.3. The van der Waals surface area contributed by atoms with Crippen molar-refractivity contribution in [2.75, 3.05) is 5.32 Å². The lowest BCUT2D eigenvalue weighted by Crippen LogP contribution is -2.38. The van der Waals surface area contributed by atoms with Crippen LogP contribution in [0.3, 0.4) is 0 Å². The number of fused-ring (bicyclic) bond motifs is 2. The molecule has 11 heteroatoms. The summed E-state index contributed by atoms with van der Waals surface area (Å²) in [5, 5.41) is 4.76. The zero-order valence-corrected chi connectivity index (χ0v) is 17.7. The molecule has 0 saturated heterocycles. The van der Waals surface area contributed by atoms with Gasteiger partial charge in [0.2, 0.25) is 0 Å². The lowest BCUT2D eigenvalue weighted by Gasteiger charge is -2.26. The highest BCUT2D eigenvalue weighted by Crippen LogP contribution is 2.37. The molecule has 2 aromatic heterocycles. The van der Waals surface area contributed by atoms with Crippen molar-refractivity contribution < 1.29 is 18.4 Å². The standard InChI is InChI=1S/C19H14BrF2N5O2S/c20-9-3-11-12(13(22)4-9)7-27(18(11)29)16(17(28)25-19-23-1-2-30-19)15-14-5-10(21)6-26(14)8-24-15/h1-4,8,10,16H,5-7H2,(H,23,25,28)/t10-,16?/m1/s1. The number of aromatic nitrogens is 3. The summed E-state index contributed by atoms with van der Waals surface area (Å²) in [5.41, 5.74) is 1.26. The third-order valence-corrected chi connectivity index (χ3v) is 6.40. The molecule has 0 saturated carbocycles. The normalized spacial score (nSPS) is 18.4. The highest BCUT2D eigenvalue weighted by molar-refractivity contribution is 9.10. The Bertz CT molecular complexity index is 1170. The summed E-state index contributed by atoms with van der Waals surface area (Å²) in [6, 6.07) is 1.67. The van der Waals surface area contributed by atoms with Crippen LogP contribution in [0.5, 0.6) is 0 Å². The van der Waals surface area contributed by atoms with Gasteiger partial charge in [-0.25, -0.2) is 18.7 Å². The summed E-state index contributed by atoms with van der Waals surface area (Å²) in [6.07, 6.45) is 2.04. The molecule has 0 radical (unpaired) electrons. The van der Waals surface area contributed by atoms with E-state index in [4.69, 9.17) is 0 Å². The van der Waals surface area contributed by atoms with E-state index in [0.29, 0.717) is 21.0 Å². The number of imidazole rings is 1. The summed E-state index contributed by atoms with van der Waals surface area (Å²) >= 11 is 4.43. The second kappa shape index (κ2) is 7.24. The van der Waals surface area contributed by atoms with Gasteiger partial charge < -0.3 is 9.47 Å². The quantitative estimate of drug-likeness (QED) is 0.603. The Balaban J connectivity index is 1.56. The van der Waals surface area contributed by atoms with Crippen LogP contribution in [0.25, 0.3) is 0 Å². The van der Waals surface area contributed by atoms with E-state index in [-0.39, 0.29) is 30.6 Å². The summed E-state index contributed by atoms with van der Waals surface area (Å²) in [7, 11) is 0. The van der Waals surface area contributed by atoms with Gasteiger partial charge in [-0.15, -0.1) is 11.3 Å². The molecule has 2 atom stereocenters. The maximum atomic E-state index is 14.5. The van der Waals surface area contributed by atoms with Gasteiger partial charge in [0.15, 0.2) is 11.2 Å². The number of thiazole rings is 1. The fraction of sp³-hybridized carbons (Fsp3) is 0.263. The Labute approximate surface area is 181 Å². The number of nitrogens with zero attached hydrogens (tertiary/aromatic N) is 4. The third kappa shape index (κ3) is 3.12. The molecule has 2 aliphatic rings. The van der Waals surface area contributed by atoms with Gasteiger partial charge in [-0.05, 0) is 12.1 Å². The number of amides is 2. The maximum absolute atomic E-state index is 14.5. The molecule has 1 aromatic carbocycles. The first-order valence-electron chi connectivity index (χ1n) is 9.09. The van der Waals surface area contributed by atoms with Gasteiger partial charge in [-0.3, -0.25) is 14.9 Å². The minimum Gasteiger partial charge on any atom is -0.331 e. The van der Waals surface area contributed by atoms with Crippen LogP contribution in [0.2, 0.25) is 0 Å². The Morgan fingerprint density at radius 1 is 1.37 bits per heavy atom. The van der Waals surface area contributed by atoms with Gasteiger partial charge in [0.1, 0.15) is 12.0 Å². The maximum Gasteiger partial charge on any atom is 0.255 e. The topological polar surface area (TPSA) is 80.1 Å². The minimum atomic E-state index is -1.14. The summed E-state index contributed by atoms with van der Waals surface area (Å²) in [6.45, 7) is 0.0630. The third-order valence-electron chi connectivity index (χ3n) is 5.25. The van der Waals surface area contributed by atoms with Gasteiger partial charge >= 0.3 is 0 Å². The molecule has 0 fully saturated rings. The zero-order chi connectivity index (χ0) is 21.0. The summed E-state index contributed by atoms with van der Waals surface area (Å²) in [5.74, 6) is -1.55. The van der Waals surface area contributed by atoms with Gasteiger partial charge in [0.25, 0.3) is 11.8 Å². The first-order valence-corrected chi connectivity index (χ1v) is 10.8. The van der Waals surface area contributed by atoms with Crippen LogP contribution in [0, 0.1) is 5.82 Å². The average molecular weight is 494 g/mol. The minimum absolute atomic E-state index is 0.0887. The van der Waals surface area contributed by atoms with Crippen molar-refractivity contribution in [3.8, 4) is 0 Å². The number of benzene rings is 1. The van der Waals surface area contributed by atoms with E-state index in [0.717, 1.165) is 0 Å². The molecule has 3 aromatic rings. The molecule has 1 unspecified atom stereocenters. The molecule has 2 amide bonds. The van der Waals surface area contributed by atoms with Crippen LogP contribution in [-0.4, -0.2) is 37.4 Å². The van der Waals surface area contributed by atoms with E-state index < -0.39 is 29.8 Å². The number of rotatable bonds is 4. The van der Waals surface area contributed by atoms with Crippen molar-refractivity contribution in [2.45, 2.75) is 31.7 Å². The fourth-order valence-corrected chi connectivity index (χ4v) is 4.91. The monoisotopic (exact) mass is 493 g/mol. The lowest BCUT2D eigenvalue weighted by molar-refractivity contribution is -0.121. The molecule has 0 aliphatic carbocycles. The lowest BCUT2D eigenvalue weighted by atomic mass is 10.1. The van der Waals surface area contributed by atoms with E-state index in [1.165, 1.54) is 34.7 Å². The van der Waals surface area contributed by atoms with E-state index in [1.54, 1.807) is 16.1 Å². The van der Waals surface area contributed by atoms with Gasteiger partial charge in [0, 0.05) is 39.3 Å². The van der Waals surface area contributed by atoms with Crippen LogP contribution < -0.4 is 5.32 Å². The van der Waals surface area contributed by atoms with Crippen LogP contribution in [0.15, 0.2) is 34.5 Å². The SMILES string of the molecule is O=C(Nc1nccs1)C(c1ncn2c1C[C@@H](F)C2)N1Cc2c(F)cc(Br)cc2C1=O. The highest BCUT2D eigenvalue weighted by atomic mass is 79.9. The number of carbonyl (C=O) groups excluding carboxylic acids is 2. The molecule has 2 aliphatic heterocycles. The van der Waals surface area contributed by atoms with E-state index in [1.807, 2.05) is 0 Å². The predicted octanol–water partition coefficient (Wildman–Crippen LogP) is 3.47. The number of nitrogens with one attached hydrogen (secondary N) is 1. The van der Waals surface area contributed by atoms with Crippen molar-refractivity contribution in [1.29, 1.82) is 0 Å². The first-order chi connectivity index (χ1) is 14.4. The van der Waals surface area contributed by atoms with Crippen LogP contribution in [0.1, 0.15) is 33.4 Å². The van der Waals surface area contributed by atoms with Gasteiger partial charge in [-0.2, -0.15) is 0 Å². The van der Waals surface area contributed by atoms with Crippen LogP contribution in [-0.2, 0) is 24.3 Å². The van der Waals surface area contributed by atoms with Crippen molar-refractivity contribution in [3.63, 3.8) is 0 Å². The average Bonchev–Trinajstić information content (AvgIpc) is 3.44. The molecule has 5 rings (SSSR count). The van der Waals surface area contributed by atoms with Crippen molar-refractivity contribution in [1.82, 2.24) is 19.4 Å². The van der Waals surface area contributed by atoms with Crippen molar-refractivity contribution in [2.24, 2.45) is 0 Å². The second-order valence-electron chi connectivity index (χ2n) is 7.11. The smallest absolute Gasteiger partial charge is 0.255 e. The van der Waals surface area contributed by atoms with Crippen LogP contribution in [0.4, 0.5) is 13.9 Å². The van der Waals surface area contributed by atoms with Gasteiger partial charge in [0.05, 0.1) is 25.1 Å². The first kappa shape index (κ1) is 19.3. The molecule has 4 heterocycles. The molecule has 154 valence electrons. The Hall–Kier alpha value is -2.66. The molecule has 0 spiro atoms.